The van der Waals surface area contributed by atoms with E-state index in [9.17, 15) is 9.90 Å². The van der Waals surface area contributed by atoms with Crippen molar-refractivity contribution in [3.63, 3.8) is 0 Å². The molecule has 0 aliphatic carbocycles. The van der Waals surface area contributed by atoms with Crippen LogP contribution in [0.3, 0.4) is 0 Å². The van der Waals surface area contributed by atoms with E-state index < -0.39 is 6.16 Å². The van der Waals surface area contributed by atoms with Gasteiger partial charge in [0.25, 0.3) is 6.16 Å². The highest BCUT2D eigenvalue weighted by Crippen LogP contribution is 1.94. The van der Waals surface area contributed by atoms with Crippen LogP contribution in [0, 0.1) is 0 Å². The zero-order valence-corrected chi connectivity index (χ0v) is 12.2. The van der Waals surface area contributed by atoms with Crippen molar-refractivity contribution in [2.75, 3.05) is 60.7 Å². The highest BCUT2D eigenvalue weighted by Gasteiger charge is 2.10. The molecule has 0 rings (SSSR count). The molecule has 6 nitrogen and oxygen atoms in total. The maximum absolute atomic E-state index is 9.27. The summed E-state index contributed by atoms with van der Waals surface area (Å²) in [6.45, 7) is 8.38. The summed E-state index contributed by atoms with van der Waals surface area (Å²) in [5, 5.41) is 9.27. The molecule has 0 saturated heterocycles. The molecule has 0 aliphatic rings. The van der Waals surface area contributed by atoms with Crippen LogP contribution >= 0.6 is 0 Å². The highest BCUT2D eigenvalue weighted by molar-refractivity contribution is 5.53. The third-order valence-corrected chi connectivity index (χ3v) is 2.39. The van der Waals surface area contributed by atoms with Gasteiger partial charge < -0.3 is 28.6 Å². The van der Waals surface area contributed by atoms with Gasteiger partial charge in [0, 0.05) is 13.7 Å². The molecule has 0 spiro atoms. The van der Waals surface area contributed by atoms with Gasteiger partial charge in [-0.3, -0.25) is 0 Å². The molecule has 0 aromatic heterocycles. The number of rotatable bonds is 8. The molecule has 0 N–H and O–H groups in total. The topological polar surface area (TPSA) is 67.8 Å². The minimum absolute atomic E-state index is 0.169. The first-order chi connectivity index (χ1) is 8.39. The smallest absolute Gasteiger partial charge is 0.251 e. The first kappa shape index (κ1) is 19.5. The molecule has 0 unspecified atom stereocenters. The number of likely N-dealkylation sites (N-methyl/N-ethyl adjacent to an activating group) is 1. The Labute approximate surface area is 110 Å². The number of hydrogen-bond acceptors (Lipinski definition) is 5. The number of carbonyl (C=O) groups excluding carboxylic acids is 1. The summed E-state index contributed by atoms with van der Waals surface area (Å²) in [7, 11) is 6.11. The lowest BCUT2D eigenvalue weighted by Gasteiger charge is -2.27. The van der Waals surface area contributed by atoms with Gasteiger partial charge in [-0.25, -0.2) is 0 Å². The van der Waals surface area contributed by atoms with E-state index in [1.165, 1.54) is 0 Å². The van der Waals surface area contributed by atoms with Gasteiger partial charge in [0.1, 0.15) is 6.54 Å². The zero-order chi connectivity index (χ0) is 14.4. The van der Waals surface area contributed by atoms with Crippen LogP contribution in [0.2, 0.25) is 0 Å². The largest absolute Gasteiger partial charge is 0.550 e. The number of carbonyl (C=O) groups is 1. The van der Waals surface area contributed by atoms with Gasteiger partial charge in [-0.15, -0.1) is 0 Å². The number of ether oxygens (including phenoxy) is 3. The van der Waals surface area contributed by atoms with Crippen LogP contribution in [0.15, 0.2) is 0 Å². The number of carboxylic acid groups (broad SMARTS) is 1. The molecule has 0 aromatic carbocycles. The van der Waals surface area contributed by atoms with E-state index in [2.05, 4.69) is 25.8 Å². The summed E-state index contributed by atoms with van der Waals surface area (Å²) < 4.78 is 15.1. The van der Waals surface area contributed by atoms with Crippen molar-refractivity contribution in [3.05, 3.63) is 0 Å². The van der Waals surface area contributed by atoms with Crippen LogP contribution in [-0.4, -0.2) is 71.4 Å². The van der Waals surface area contributed by atoms with Crippen LogP contribution in [-0.2, 0) is 14.2 Å². The van der Waals surface area contributed by atoms with Gasteiger partial charge in [0.15, 0.2) is 0 Å². The lowest BCUT2D eigenvalue weighted by Crippen LogP contribution is -2.42. The van der Waals surface area contributed by atoms with E-state index in [0.29, 0.717) is 13.2 Å². The molecule has 110 valence electrons. The third kappa shape index (κ3) is 17.5. The van der Waals surface area contributed by atoms with Crippen LogP contribution in [0.25, 0.3) is 0 Å². The molecule has 0 saturated carbocycles. The lowest BCUT2D eigenvalue weighted by molar-refractivity contribution is -0.888. The van der Waals surface area contributed by atoms with Crippen LogP contribution in [0.1, 0.15) is 13.8 Å². The Hall–Kier alpha value is -0.850. The Bertz CT molecular complexity index is 197. The van der Waals surface area contributed by atoms with Crippen LogP contribution in [0.4, 0.5) is 4.79 Å². The minimum atomic E-state index is -1.46. The van der Waals surface area contributed by atoms with Crippen molar-refractivity contribution in [3.8, 4) is 0 Å². The zero-order valence-electron chi connectivity index (χ0n) is 12.2. The van der Waals surface area contributed by atoms with Gasteiger partial charge in [0.05, 0.1) is 40.5 Å². The van der Waals surface area contributed by atoms with Crippen molar-refractivity contribution in [1.82, 2.24) is 0 Å². The second-order valence-electron chi connectivity index (χ2n) is 4.26. The predicted octanol–water partition coefficient (Wildman–Crippen LogP) is 0.112. The molecule has 0 amide bonds. The molecule has 0 radical (unpaired) electrons. The monoisotopic (exact) mass is 265 g/mol. The van der Waals surface area contributed by atoms with E-state index in [0.717, 1.165) is 24.2 Å². The normalized spacial score (nSPS) is 10.5. The fourth-order valence-corrected chi connectivity index (χ4v) is 0.832. The summed E-state index contributed by atoms with van der Waals surface area (Å²) in [6.07, 6.45) is -1.46. The van der Waals surface area contributed by atoms with E-state index in [1.807, 2.05) is 0 Å². The Morgan fingerprint density at radius 2 is 1.78 bits per heavy atom. The summed E-state index contributed by atoms with van der Waals surface area (Å²) in [5.41, 5.74) is 0. The first-order valence-electron chi connectivity index (χ1n) is 6.12. The molecule has 0 aliphatic heterocycles. The number of nitrogens with zero attached hydrogens (tertiary/aromatic N) is 1. The van der Waals surface area contributed by atoms with E-state index >= 15 is 0 Å². The molecule has 0 fully saturated rings. The average molecular weight is 265 g/mol. The van der Waals surface area contributed by atoms with Crippen molar-refractivity contribution >= 4 is 6.16 Å². The van der Waals surface area contributed by atoms with Crippen molar-refractivity contribution in [2.24, 2.45) is 0 Å². The Morgan fingerprint density at radius 3 is 2.11 bits per heavy atom. The van der Waals surface area contributed by atoms with Crippen molar-refractivity contribution in [1.29, 1.82) is 0 Å². The number of quaternary nitrogens is 1. The van der Waals surface area contributed by atoms with Gasteiger partial charge in [-0.1, -0.05) is 0 Å². The van der Waals surface area contributed by atoms with Crippen molar-refractivity contribution < 1.29 is 28.6 Å². The summed E-state index contributed by atoms with van der Waals surface area (Å²) in [5.74, 6) is 0. The van der Waals surface area contributed by atoms with E-state index in [-0.39, 0.29) is 6.61 Å². The van der Waals surface area contributed by atoms with Crippen LogP contribution in [0.5, 0.6) is 0 Å². The van der Waals surface area contributed by atoms with E-state index in [4.69, 9.17) is 9.47 Å². The standard InChI is InChI=1S/C9H22NO2.C3H6O3/c1-5-10(2,3)6-7-12-9-8-11-4;1-2-6-3(4)5/h5-9H2,1-4H3;2H2,1H3,(H,4,5)/q+1;/p-1. The number of methoxy groups -OCH3 is 1. The molecular formula is C12H27NO5. The van der Waals surface area contributed by atoms with Gasteiger partial charge in [-0.05, 0) is 13.8 Å². The van der Waals surface area contributed by atoms with Crippen LogP contribution < -0.4 is 5.11 Å². The molecule has 0 aromatic rings. The quantitative estimate of drug-likeness (QED) is 0.354. The molecule has 18 heavy (non-hydrogen) atoms. The maximum Gasteiger partial charge on any atom is 0.251 e. The van der Waals surface area contributed by atoms with Crippen molar-refractivity contribution in [2.45, 2.75) is 13.8 Å². The maximum atomic E-state index is 9.27. The SMILES string of the molecule is CCOC(=O)[O-].CC[N+](C)(C)CCOCCOC. The second kappa shape index (κ2) is 12.6. The number of hydrogen-bond donors (Lipinski definition) is 0. The van der Waals surface area contributed by atoms with Gasteiger partial charge in [-0.2, -0.15) is 0 Å². The Balaban J connectivity index is 0. The highest BCUT2D eigenvalue weighted by atomic mass is 16.7. The molecule has 6 heteroatoms. The Morgan fingerprint density at radius 1 is 1.17 bits per heavy atom. The average Bonchev–Trinajstić information content (AvgIpc) is 2.29. The molecule has 0 heterocycles. The molecular weight excluding hydrogens is 238 g/mol. The first-order valence-corrected chi connectivity index (χ1v) is 6.12. The van der Waals surface area contributed by atoms with E-state index in [1.54, 1.807) is 14.0 Å². The predicted molar refractivity (Wildman–Crippen MR) is 67.2 cm³/mol. The summed E-state index contributed by atoms with van der Waals surface area (Å²) in [6, 6.07) is 0. The lowest BCUT2D eigenvalue weighted by atomic mass is 10.4. The Kier molecular flexibility index (Phi) is 13.6. The fraction of sp³-hybridized carbons (Fsp3) is 0.917. The fourth-order valence-electron chi connectivity index (χ4n) is 0.832. The summed E-state index contributed by atoms with van der Waals surface area (Å²) in [4.78, 5) is 9.27. The van der Waals surface area contributed by atoms with Gasteiger partial charge >= 0.3 is 0 Å². The minimum Gasteiger partial charge on any atom is -0.550 e. The van der Waals surface area contributed by atoms with Gasteiger partial charge in [0.2, 0.25) is 0 Å². The molecule has 0 bridgehead atoms. The third-order valence-electron chi connectivity index (χ3n) is 2.39. The second-order valence-corrected chi connectivity index (χ2v) is 4.26. The molecule has 0 atom stereocenters. The summed E-state index contributed by atoms with van der Waals surface area (Å²) >= 11 is 0.